The smallest absolute Gasteiger partial charge is 0.115 e. The van der Waals surface area contributed by atoms with E-state index in [0.29, 0.717) is 5.75 Å². The highest BCUT2D eigenvalue weighted by molar-refractivity contribution is 5.53. The molecule has 1 rings (SSSR count). The molecule has 0 aliphatic rings. The standard InChI is InChI=1S/C10H12O/c1-3-8-5-6-10(11)7-9(8)4-2/h3,5-7,11H,1,4H2,2H3. The Hall–Kier alpha value is -1.24. The topological polar surface area (TPSA) is 20.2 Å². The summed E-state index contributed by atoms with van der Waals surface area (Å²) in [7, 11) is 0. The molecule has 0 spiro atoms. The SMILES string of the molecule is C=Cc1ccc(O)cc1CC. The van der Waals surface area contributed by atoms with Crippen molar-refractivity contribution < 1.29 is 5.11 Å². The Bertz CT molecular complexity index is 264. The molecule has 0 saturated carbocycles. The van der Waals surface area contributed by atoms with Gasteiger partial charge < -0.3 is 5.11 Å². The van der Waals surface area contributed by atoms with Gasteiger partial charge in [0, 0.05) is 0 Å². The molecule has 0 bridgehead atoms. The number of phenolic OH excluding ortho intramolecular Hbond substituents is 1. The quantitative estimate of drug-likeness (QED) is 0.683. The van der Waals surface area contributed by atoms with Gasteiger partial charge in [-0.2, -0.15) is 0 Å². The second-order valence-corrected chi connectivity index (χ2v) is 2.44. The number of hydrogen-bond acceptors (Lipinski definition) is 1. The molecule has 1 N–H and O–H groups in total. The van der Waals surface area contributed by atoms with Crippen LogP contribution in [0.1, 0.15) is 18.1 Å². The third-order valence-corrected chi connectivity index (χ3v) is 1.73. The predicted octanol–water partition coefficient (Wildman–Crippen LogP) is 2.60. The van der Waals surface area contributed by atoms with E-state index in [-0.39, 0.29) is 0 Å². The van der Waals surface area contributed by atoms with Crippen LogP contribution in [0.15, 0.2) is 24.8 Å². The van der Waals surface area contributed by atoms with Crippen LogP contribution in [0.5, 0.6) is 5.75 Å². The number of hydrogen-bond donors (Lipinski definition) is 1. The van der Waals surface area contributed by atoms with E-state index in [9.17, 15) is 0 Å². The Morgan fingerprint density at radius 2 is 2.27 bits per heavy atom. The lowest BCUT2D eigenvalue weighted by atomic mass is 10.1. The summed E-state index contributed by atoms with van der Waals surface area (Å²) in [4.78, 5) is 0. The first-order valence-electron chi connectivity index (χ1n) is 3.72. The highest BCUT2D eigenvalue weighted by atomic mass is 16.3. The zero-order valence-electron chi connectivity index (χ0n) is 6.67. The number of phenols is 1. The van der Waals surface area contributed by atoms with Crippen LogP contribution in [-0.2, 0) is 6.42 Å². The van der Waals surface area contributed by atoms with Gasteiger partial charge in [-0.3, -0.25) is 0 Å². The normalized spacial score (nSPS) is 9.55. The number of aryl methyl sites for hydroxylation is 1. The van der Waals surface area contributed by atoms with Gasteiger partial charge in [-0.1, -0.05) is 25.6 Å². The second kappa shape index (κ2) is 3.24. The average Bonchev–Trinajstić information content (AvgIpc) is 2.04. The maximum absolute atomic E-state index is 9.13. The summed E-state index contributed by atoms with van der Waals surface area (Å²) in [5, 5.41) is 9.13. The van der Waals surface area contributed by atoms with Gasteiger partial charge in [-0.25, -0.2) is 0 Å². The van der Waals surface area contributed by atoms with Crippen molar-refractivity contribution in [3.8, 4) is 5.75 Å². The van der Waals surface area contributed by atoms with Crippen molar-refractivity contribution in [3.63, 3.8) is 0 Å². The lowest BCUT2D eigenvalue weighted by Crippen LogP contribution is -1.84. The van der Waals surface area contributed by atoms with Gasteiger partial charge in [-0.15, -0.1) is 0 Å². The lowest BCUT2D eigenvalue weighted by molar-refractivity contribution is 0.474. The van der Waals surface area contributed by atoms with Crippen LogP contribution in [0.4, 0.5) is 0 Å². The summed E-state index contributed by atoms with van der Waals surface area (Å²) in [6.45, 7) is 5.74. The molecule has 0 unspecified atom stereocenters. The molecule has 1 aromatic rings. The first kappa shape index (κ1) is 7.86. The van der Waals surface area contributed by atoms with E-state index in [1.807, 2.05) is 6.07 Å². The van der Waals surface area contributed by atoms with Crippen LogP contribution < -0.4 is 0 Å². The average molecular weight is 148 g/mol. The van der Waals surface area contributed by atoms with Crippen molar-refractivity contribution in [3.05, 3.63) is 35.9 Å². The van der Waals surface area contributed by atoms with Crippen molar-refractivity contribution in [2.24, 2.45) is 0 Å². The van der Waals surface area contributed by atoms with E-state index in [4.69, 9.17) is 5.11 Å². The highest BCUT2D eigenvalue weighted by Gasteiger charge is 1.96. The summed E-state index contributed by atoms with van der Waals surface area (Å²) in [6.07, 6.45) is 2.73. The minimum absolute atomic E-state index is 0.326. The van der Waals surface area contributed by atoms with Crippen LogP contribution >= 0.6 is 0 Å². The van der Waals surface area contributed by atoms with Crippen LogP contribution in [0.3, 0.4) is 0 Å². The number of rotatable bonds is 2. The number of benzene rings is 1. The zero-order chi connectivity index (χ0) is 8.27. The Balaban J connectivity index is 3.16. The Labute approximate surface area is 67.0 Å². The van der Waals surface area contributed by atoms with Gasteiger partial charge in [0.25, 0.3) is 0 Å². The monoisotopic (exact) mass is 148 g/mol. The summed E-state index contributed by atoms with van der Waals surface area (Å²) in [6, 6.07) is 5.33. The molecular weight excluding hydrogens is 136 g/mol. The lowest BCUT2D eigenvalue weighted by Gasteiger charge is -2.02. The van der Waals surface area contributed by atoms with Gasteiger partial charge in [0.05, 0.1) is 0 Å². The molecule has 0 atom stereocenters. The predicted molar refractivity (Wildman–Crippen MR) is 47.6 cm³/mol. The van der Waals surface area contributed by atoms with Gasteiger partial charge in [0.15, 0.2) is 0 Å². The molecule has 0 saturated heterocycles. The van der Waals surface area contributed by atoms with Gasteiger partial charge in [-0.05, 0) is 29.7 Å². The molecule has 58 valence electrons. The van der Waals surface area contributed by atoms with Gasteiger partial charge in [0.1, 0.15) is 5.75 Å². The Morgan fingerprint density at radius 1 is 1.55 bits per heavy atom. The van der Waals surface area contributed by atoms with Crippen molar-refractivity contribution in [1.82, 2.24) is 0 Å². The third kappa shape index (κ3) is 1.61. The largest absolute Gasteiger partial charge is 0.508 e. The Kier molecular flexibility index (Phi) is 2.32. The molecule has 1 aromatic carbocycles. The van der Waals surface area contributed by atoms with Crippen molar-refractivity contribution in [2.45, 2.75) is 13.3 Å². The minimum Gasteiger partial charge on any atom is -0.508 e. The molecule has 0 radical (unpaired) electrons. The van der Waals surface area contributed by atoms with E-state index in [1.165, 1.54) is 0 Å². The fourth-order valence-corrected chi connectivity index (χ4v) is 1.10. The first-order chi connectivity index (χ1) is 5.27. The number of aromatic hydroxyl groups is 1. The second-order valence-electron chi connectivity index (χ2n) is 2.44. The maximum atomic E-state index is 9.13. The van der Waals surface area contributed by atoms with E-state index in [1.54, 1.807) is 18.2 Å². The van der Waals surface area contributed by atoms with Crippen molar-refractivity contribution in [1.29, 1.82) is 0 Å². The minimum atomic E-state index is 0.326. The summed E-state index contributed by atoms with van der Waals surface area (Å²) in [5.74, 6) is 0.326. The molecule has 0 aliphatic heterocycles. The van der Waals surface area contributed by atoms with Gasteiger partial charge >= 0.3 is 0 Å². The van der Waals surface area contributed by atoms with E-state index >= 15 is 0 Å². The molecule has 0 aromatic heterocycles. The van der Waals surface area contributed by atoms with Crippen LogP contribution in [0, 0.1) is 0 Å². The highest BCUT2D eigenvalue weighted by Crippen LogP contribution is 2.17. The molecular formula is C10H12O. The molecule has 1 nitrogen and oxygen atoms in total. The summed E-state index contributed by atoms with van der Waals surface area (Å²) < 4.78 is 0. The van der Waals surface area contributed by atoms with Crippen LogP contribution in [-0.4, -0.2) is 5.11 Å². The molecule has 11 heavy (non-hydrogen) atoms. The molecule has 1 heteroatoms. The molecule has 0 aliphatic carbocycles. The Morgan fingerprint density at radius 3 is 2.82 bits per heavy atom. The fraction of sp³-hybridized carbons (Fsp3) is 0.200. The van der Waals surface area contributed by atoms with E-state index < -0.39 is 0 Å². The van der Waals surface area contributed by atoms with Gasteiger partial charge in [0.2, 0.25) is 0 Å². The van der Waals surface area contributed by atoms with Crippen LogP contribution in [0.25, 0.3) is 6.08 Å². The van der Waals surface area contributed by atoms with Crippen molar-refractivity contribution in [2.75, 3.05) is 0 Å². The fourth-order valence-electron chi connectivity index (χ4n) is 1.10. The third-order valence-electron chi connectivity index (χ3n) is 1.73. The maximum Gasteiger partial charge on any atom is 0.115 e. The summed E-state index contributed by atoms with van der Waals surface area (Å²) >= 11 is 0. The molecule has 0 heterocycles. The summed E-state index contributed by atoms with van der Waals surface area (Å²) in [5.41, 5.74) is 2.24. The zero-order valence-corrected chi connectivity index (χ0v) is 6.67. The van der Waals surface area contributed by atoms with E-state index in [2.05, 4.69) is 13.5 Å². The first-order valence-corrected chi connectivity index (χ1v) is 3.72. The van der Waals surface area contributed by atoms with Crippen molar-refractivity contribution >= 4 is 6.08 Å². The van der Waals surface area contributed by atoms with Crippen LogP contribution in [0.2, 0.25) is 0 Å². The molecule has 0 amide bonds. The van der Waals surface area contributed by atoms with E-state index in [0.717, 1.165) is 17.5 Å². The molecule has 0 fully saturated rings.